The van der Waals surface area contributed by atoms with Gasteiger partial charge in [0.25, 0.3) is 0 Å². The van der Waals surface area contributed by atoms with E-state index in [0.717, 1.165) is 38.9 Å². The van der Waals surface area contributed by atoms with Gasteiger partial charge in [-0.1, -0.05) is 18.2 Å². The molecule has 0 aliphatic heterocycles. The summed E-state index contributed by atoms with van der Waals surface area (Å²) in [6.07, 6.45) is 1.83. The van der Waals surface area contributed by atoms with E-state index in [4.69, 9.17) is 8.53 Å². The van der Waals surface area contributed by atoms with Crippen molar-refractivity contribution in [2.24, 2.45) is 0 Å². The molecule has 0 spiro atoms. The molecule has 0 aliphatic carbocycles. The highest BCUT2D eigenvalue weighted by Crippen LogP contribution is 2.33. The third-order valence-corrected chi connectivity index (χ3v) is 4.11. The minimum absolute atomic E-state index is 0.350. The third kappa shape index (κ3) is 1.84. The molecule has 4 rings (SSSR count). The summed E-state index contributed by atoms with van der Waals surface area (Å²) in [6, 6.07) is 15.4. The van der Waals surface area contributed by atoms with Crippen molar-refractivity contribution in [3.05, 3.63) is 71.5 Å². The Morgan fingerprint density at radius 2 is 1.86 bits per heavy atom. The monoisotopic (exact) mass is 291 g/mol. The Morgan fingerprint density at radius 1 is 1.00 bits per heavy atom. The van der Waals surface area contributed by atoms with Crippen molar-refractivity contribution in [3.63, 3.8) is 0 Å². The van der Waals surface area contributed by atoms with Crippen LogP contribution in [0.1, 0.15) is 20.9 Å². The highest BCUT2D eigenvalue weighted by atomic mass is 16.3. The number of pyridine rings is 1. The Morgan fingerprint density at radius 3 is 2.68 bits per heavy atom. The summed E-state index contributed by atoms with van der Waals surface area (Å²) in [6.45, 7) is 1.88. The number of aromatic nitrogens is 1. The molecule has 0 saturated carbocycles. The molecule has 0 fully saturated rings. The Balaban J connectivity index is 2.06. The van der Waals surface area contributed by atoms with E-state index in [2.05, 4.69) is 13.0 Å². The third-order valence-electron chi connectivity index (χ3n) is 4.11. The standard InChI is InChI=1S/C20H18NO/c1-13-10-11-21(15(3)12-13)20-14(2)8-9-18-19(20)16-6-4-5-7-17(16)22-18/h4-12H,1-3H3/q+1/i1D3. The molecule has 0 saturated heterocycles. The van der Waals surface area contributed by atoms with Crippen LogP contribution in [0.2, 0.25) is 0 Å². The summed E-state index contributed by atoms with van der Waals surface area (Å²) < 4.78 is 30.9. The van der Waals surface area contributed by atoms with Gasteiger partial charge in [0, 0.05) is 34.1 Å². The van der Waals surface area contributed by atoms with Gasteiger partial charge < -0.3 is 4.42 Å². The summed E-state index contributed by atoms with van der Waals surface area (Å²) in [5.74, 6) is 0. The minimum atomic E-state index is -2.10. The summed E-state index contributed by atoms with van der Waals surface area (Å²) >= 11 is 0. The summed E-state index contributed by atoms with van der Waals surface area (Å²) in [5, 5.41) is 2.10. The first kappa shape index (κ1) is 10.2. The second-order valence-corrected chi connectivity index (χ2v) is 5.63. The molecular formula is C20H18NO+. The van der Waals surface area contributed by atoms with Gasteiger partial charge in [0.15, 0.2) is 11.9 Å². The highest BCUT2D eigenvalue weighted by molar-refractivity contribution is 6.08. The molecule has 2 aromatic heterocycles. The van der Waals surface area contributed by atoms with Crippen LogP contribution in [0.5, 0.6) is 0 Å². The van der Waals surface area contributed by atoms with Crippen LogP contribution in [0, 0.1) is 20.7 Å². The normalized spacial score (nSPS) is 14.0. The first-order chi connectivity index (χ1) is 11.9. The van der Waals surface area contributed by atoms with Gasteiger partial charge in [-0.3, -0.25) is 0 Å². The lowest BCUT2D eigenvalue weighted by atomic mass is 10.1. The molecule has 0 radical (unpaired) electrons. The number of nitrogens with zero attached hydrogens (tertiary/aromatic N) is 1. The van der Waals surface area contributed by atoms with Gasteiger partial charge >= 0.3 is 0 Å². The van der Waals surface area contributed by atoms with Crippen molar-refractivity contribution >= 4 is 21.9 Å². The SMILES string of the molecule is [2H]C([2H])([2H])c1cc[n+](-c2c(C)ccc3oc4ccccc4c23)c(C)c1. The van der Waals surface area contributed by atoms with Gasteiger partial charge in [-0.15, -0.1) is 0 Å². The number of rotatable bonds is 1. The van der Waals surface area contributed by atoms with Crippen molar-refractivity contribution < 1.29 is 13.1 Å². The summed E-state index contributed by atoms with van der Waals surface area (Å²) in [4.78, 5) is 0. The quantitative estimate of drug-likeness (QED) is 0.461. The minimum Gasteiger partial charge on any atom is -0.456 e. The van der Waals surface area contributed by atoms with E-state index < -0.39 is 6.85 Å². The lowest BCUT2D eigenvalue weighted by Crippen LogP contribution is -2.34. The van der Waals surface area contributed by atoms with Crippen LogP contribution < -0.4 is 4.57 Å². The summed E-state index contributed by atoms with van der Waals surface area (Å²) in [7, 11) is 0. The Kier molecular flexibility index (Phi) is 2.17. The van der Waals surface area contributed by atoms with Gasteiger partial charge in [-0.2, -0.15) is 4.57 Å². The molecule has 0 amide bonds. The number of aryl methyl sites for hydroxylation is 3. The fourth-order valence-electron chi connectivity index (χ4n) is 3.08. The van der Waals surface area contributed by atoms with Crippen molar-refractivity contribution in [3.8, 4) is 5.69 Å². The van der Waals surface area contributed by atoms with E-state index in [0.29, 0.717) is 5.56 Å². The maximum atomic E-state index is 7.61. The predicted molar refractivity (Wildman–Crippen MR) is 89.5 cm³/mol. The first-order valence-corrected chi connectivity index (χ1v) is 7.30. The number of fused-ring (bicyclic) bond motifs is 3. The number of furan rings is 1. The Labute approximate surface area is 133 Å². The van der Waals surface area contributed by atoms with Crippen LogP contribution in [0.25, 0.3) is 27.6 Å². The maximum absolute atomic E-state index is 7.61. The van der Waals surface area contributed by atoms with E-state index in [1.165, 1.54) is 0 Å². The average molecular weight is 291 g/mol. The van der Waals surface area contributed by atoms with E-state index in [-0.39, 0.29) is 0 Å². The van der Waals surface area contributed by atoms with Crippen molar-refractivity contribution in [2.75, 3.05) is 0 Å². The molecule has 0 bridgehead atoms. The molecule has 2 aromatic carbocycles. The number of para-hydroxylation sites is 1. The second-order valence-electron chi connectivity index (χ2n) is 5.63. The topological polar surface area (TPSA) is 17.0 Å². The molecule has 0 unspecified atom stereocenters. The van der Waals surface area contributed by atoms with E-state index in [1.807, 2.05) is 48.0 Å². The van der Waals surface area contributed by atoms with Crippen LogP contribution in [-0.4, -0.2) is 0 Å². The molecule has 2 nitrogen and oxygen atoms in total. The van der Waals surface area contributed by atoms with E-state index in [1.54, 1.807) is 12.1 Å². The zero-order chi connectivity index (χ0) is 17.8. The maximum Gasteiger partial charge on any atom is 0.225 e. The van der Waals surface area contributed by atoms with Crippen molar-refractivity contribution in [1.29, 1.82) is 0 Å². The van der Waals surface area contributed by atoms with Crippen molar-refractivity contribution in [1.82, 2.24) is 0 Å². The fourth-order valence-corrected chi connectivity index (χ4v) is 3.08. The highest BCUT2D eigenvalue weighted by Gasteiger charge is 2.21. The van der Waals surface area contributed by atoms with Gasteiger partial charge in [-0.25, -0.2) is 0 Å². The smallest absolute Gasteiger partial charge is 0.225 e. The van der Waals surface area contributed by atoms with Crippen molar-refractivity contribution in [2.45, 2.75) is 20.7 Å². The van der Waals surface area contributed by atoms with Crippen LogP contribution >= 0.6 is 0 Å². The molecule has 4 aromatic rings. The lowest BCUT2D eigenvalue weighted by Gasteiger charge is -2.05. The molecule has 0 atom stereocenters. The number of hydrogen-bond donors (Lipinski definition) is 0. The van der Waals surface area contributed by atoms with E-state index in [9.17, 15) is 0 Å². The van der Waals surface area contributed by atoms with Gasteiger partial charge in [-0.05, 0) is 37.5 Å². The molecule has 0 aliphatic rings. The lowest BCUT2D eigenvalue weighted by molar-refractivity contribution is -0.601. The molecule has 108 valence electrons. The van der Waals surface area contributed by atoms with Gasteiger partial charge in [0.1, 0.15) is 16.6 Å². The Hall–Kier alpha value is -2.61. The van der Waals surface area contributed by atoms with Gasteiger partial charge in [0.2, 0.25) is 5.69 Å². The molecule has 0 N–H and O–H groups in total. The van der Waals surface area contributed by atoms with Crippen LogP contribution in [0.3, 0.4) is 0 Å². The average Bonchev–Trinajstić information content (AvgIpc) is 2.93. The zero-order valence-electron chi connectivity index (χ0n) is 15.6. The first-order valence-electron chi connectivity index (χ1n) is 8.80. The summed E-state index contributed by atoms with van der Waals surface area (Å²) in [5.41, 5.74) is 5.03. The zero-order valence-corrected chi connectivity index (χ0v) is 12.6. The number of benzene rings is 2. The predicted octanol–water partition coefficient (Wildman–Crippen LogP) is 4.79. The largest absolute Gasteiger partial charge is 0.456 e. The second kappa shape index (κ2) is 4.70. The molecule has 22 heavy (non-hydrogen) atoms. The van der Waals surface area contributed by atoms with Crippen LogP contribution in [-0.2, 0) is 0 Å². The Bertz CT molecular complexity index is 1110. The van der Waals surface area contributed by atoms with Crippen LogP contribution in [0.4, 0.5) is 0 Å². The van der Waals surface area contributed by atoms with E-state index >= 15 is 0 Å². The van der Waals surface area contributed by atoms with Crippen LogP contribution in [0.15, 0.2) is 59.1 Å². The fraction of sp³-hybridized carbons (Fsp3) is 0.150. The molecule has 2 heteroatoms. The molecular weight excluding hydrogens is 270 g/mol. The van der Waals surface area contributed by atoms with Gasteiger partial charge in [0.05, 0.1) is 0 Å². The number of hydrogen-bond acceptors (Lipinski definition) is 1. The molecule has 2 heterocycles.